The predicted octanol–water partition coefficient (Wildman–Crippen LogP) is 3.15. The molecule has 1 N–H and O–H groups in total. The van der Waals surface area contributed by atoms with Crippen molar-refractivity contribution in [3.05, 3.63) is 42.2 Å². The predicted molar refractivity (Wildman–Crippen MR) is 100 cm³/mol. The molecule has 0 bridgehead atoms. The maximum absolute atomic E-state index is 10.5. The second-order valence-electron chi connectivity index (χ2n) is 7.17. The molecule has 0 saturated heterocycles. The zero-order valence-electron chi connectivity index (χ0n) is 15.5. The topological polar surface area (TPSA) is 38.3 Å². The van der Waals surface area contributed by atoms with Crippen molar-refractivity contribution in [3.63, 3.8) is 0 Å². The van der Waals surface area contributed by atoms with Crippen molar-refractivity contribution in [3.8, 4) is 0 Å². The number of allylic oxidation sites excluding steroid dienone is 2. The molecule has 3 rings (SSSR count). The molecule has 0 radical (unpaired) electrons. The van der Waals surface area contributed by atoms with E-state index in [1.54, 1.807) is 0 Å². The highest BCUT2D eigenvalue weighted by molar-refractivity contribution is 5.72. The first kappa shape index (κ1) is 18.2. The third-order valence-corrected chi connectivity index (χ3v) is 5.14. The fraction of sp³-hybridized carbons (Fsp3) is 0.571. The Hall–Kier alpha value is -1.65. The molecule has 0 amide bonds. The van der Waals surface area contributed by atoms with Gasteiger partial charge in [0.2, 0.25) is 0 Å². The van der Waals surface area contributed by atoms with Gasteiger partial charge in [-0.25, -0.2) is 9.13 Å². The van der Waals surface area contributed by atoms with Crippen molar-refractivity contribution < 1.29 is 14.4 Å². The Morgan fingerprint density at radius 3 is 2.92 bits per heavy atom. The zero-order valence-corrected chi connectivity index (χ0v) is 15.5. The van der Waals surface area contributed by atoms with Crippen LogP contribution in [-0.4, -0.2) is 29.0 Å². The second-order valence-corrected chi connectivity index (χ2v) is 7.17. The van der Waals surface area contributed by atoms with Gasteiger partial charge in [-0.05, 0) is 43.7 Å². The van der Waals surface area contributed by atoms with Crippen LogP contribution in [0.2, 0.25) is 0 Å². The number of aromatic nitrogens is 2. The van der Waals surface area contributed by atoms with Gasteiger partial charge in [0.05, 0.1) is 13.7 Å². The minimum absolute atomic E-state index is 0.405. The van der Waals surface area contributed by atoms with Gasteiger partial charge in [-0.3, -0.25) is 0 Å². The van der Waals surface area contributed by atoms with Crippen LogP contribution in [-0.2, 0) is 24.8 Å². The van der Waals surface area contributed by atoms with Gasteiger partial charge in [-0.15, -0.1) is 0 Å². The summed E-state index contributed by atoms with van der Waals surface area (Å²) in [6.45, 7) is 3.94. The smallest absolute Gasteiger partial charge is 0.257 e. The van der Waals surface area contributed by atoms with E-state index in [2.05, 4.69) is 59.5 Å². The molecule has 4 heteroatoms. The first-order chi connectivity index (χ1) is 12.2. The summed E-state index contributed by atoms with van der Waals surface area (Å²) in [4.78, 5) is 0. The number of nitrogens with zero attached hydrogens (tertiary/aromatic N) is 2. The number of hydrogen-bond acceptors (Lipinski definition) is 2. The van der Waals surface area contributed by atoms with Gasteiger partial charge in [0.15, 0.2) is 11.0 Å². The molecule has 1 heterocycles. The number of imidazole rings is 1. The van der Waals surface area contributed by atoms with Gasteiger partial charge in [-0.2, -0.15) is 0 Å². The Morgan fingerprint density at radius 2 is 2.16 bits per heavy atom. The number of benzene rings is 1. The number of para-hydroxylation sites is 2. The van der Waals surface area contributed by atoms with Crippen LogP contribution in [0.3, 0.4) is 0 Å². The molecule has 1 aromatic heterocycles. The van der Waals surface area contributed by atoms with Crippen LogP contribution in [0, 0.1) is 5.92 Å². The Balaban J connectivity index is 1.64. The molecule has 4 nitrogen and oxygen atoms in total. The van der Waals surface area contributed by atoms with Gasteiger partial charge in [0.25, 0.3) is 5.82 Å². The highest BCUT2D eigenvalue weighted by Gasteiger charge is 2.23. The summed E-state index contributed by atoms with van der Waals surface area (Å²) in [7, 11) is 2.11. The first-order valence-corrected chi connectivity index (χ1v) is 9.57. The molecule has 1 aliphatic carbocycles. The summed E-state index contributed by atoms with van der Waals surface area (Å²) in [5.41, 5.74) is 2.40. The molecule has 2 aromatic rings. The van der Waals surface area contributed by atoms with Gasteiger partial charge < -0.3 is 9.84 Å². The Kier molecular flexibility index (Phi) is 6.27. The van der Waals surface area contributed by atoms with Gasteiger partial charge in [-0.1, -0.05) is 31.2 Å². The molecule has 0 unspecified atom stereocenters. The van der Waals surface area contributed by atoms with Crippen molar-refractivity contribution in [1.29, 1.82) is 0 Å². The van der Waals surface area contributed by atoms with Crippen molar-refractivity contribution in [2.45, 2.75) is 51.7 Å². The van der Waals surface area contributed by atoms with Crippen LogP contribution in [0.5, 0.6) is 0 Å². The highest BCUT2D eigenvalue weighted by atomic mass is 16.5. The third-order valence-electron chi connectivity index (χ3n) is 5.14. The Morgan fingerprint density at radius 1 is 1.32 bits per heavy atom. The number of aliphatic hydroxyl groups is 1. The lowest BCUT2D eigenvalue weighted by Gasteiger charge is -2.18. The lowest BCUT2D eigenvalue weighted by molar-refractivity contribution is -0.654. The third kappa shape index (κ3) is 4.31. The number of ether oxygens (including phenoxy) is 1. The van der Waals surface area contributed by atoms with Crippen LogP contribution in [0.1, 0.15) is 38.4 Å². The first-order valence-electron chi connectivity index (χ1n) is 9.57. The lowest BCUT2D eigenvalue weighted by atomic mass is 9.95. The molecular formula is C21H31N2O2+. The Labute approximate surface area is 150 Å². The summed E-state index contributed by atoms with van der Waals surface area (Å²) in [6, 6.07) is 8.41. The fourth-order valence-corrected chi connectivity index (χ4v) is 3.81. The number of aryl methyl sites for hydroxylation is 1. The maximum Gasteiger partial charge on any atom is 0.257 e. The van der Waals surface area contributed by atoms with E-state index in [0.717, 1.165) is 32.3 Å². The number of aliphatic hydroxyl groups excluding tert-OH is 1. The monoisotopic (exact) mass is 343 g/mol. The van der Waals surface area contributed by atoms with E-state index < -0.39 is 6.10 Å². The molecule has 0 spiro atoms. The van der Waals surface area contributed by atoms with E-state index in [1.807, 2.05) is 0 Å². The maximum atomic E-state index is 10.5. The van der Waals surface area contributed by atoms with E-state index >= 15 is 0 Å². The second kappa shape index (κ2) is 8.63. The SMILES string of the molecule is CCCc1n(C[C@H](O)COC[C@H]2CC=CCC2)c2ccccc2[n+]1C. The van der Waals surface area contributed by atoms with E-state index in [-0.39, 0.29) is 0 Å². The summed E-state index contributed by atoms with van der Waals surface area (Å²) >= 11 is 0. The van der Waals surface area contributed by atoms with Crippen molar-refractivity contribution >= 4 is 11.0 Å². The van der Waals surface area contributed by atoms with E-state index in [9.17, 15) is 5.11 Å². The molecule has 1 aromatic carbocycles. The number of rotatable bonds is 8. The molecular weight excluding hydrogens is 312 g/mol. The average Bonchev–Trinajstić information content (AvgIpc) is 2.89. The Bertz CT molecular complexity index is 720. The zero-order chi connectivity index (χ0) is 17.6. The molecule has 0 fully saturated rings. The molecule has 2 atom stereocenters. The summed E-state index contributed by atoms with van der Waals surface area (Å²) in [5.74, 6) is 1.87. The standard InChI is InChI=1S/C21H31N2O2/c1-3-9-21-22(2)19-12-7-8-13-20(19)23(21)14-18(24)16-25-15-17-10-5-4-6-11-17/h4-5,7-8,12-13,17-18,24H,3,6,9-11,14-16H2,1-2H3/q+1/t17-,18-/m0/s1. The highest BCUT2D eigenvalue weighted by Crippen LogP contribution is 2.19. The van der Waals surface area contributed by atoms with Crippen LogP contribution in [0.15, 0.2) is 36.4 Å². The largest absolute Gasteiger partial charge is 0.387 e. The van der Waals surface area contributed by atoms with Crippen LogP contribution < -0.4 is 4.57 Å². The number of hydrogen-bond donors (Lipinski definition) is 1. The molecule has 1 aliphatic rings. The molecule has 25 heavy (non-hydrogen) atoms. The molecule has 0 aliphatic heterocycles. The number of fused-ring (bicyclic) bond motifs is 1. The normalized spacial score (nSPS) is 18.8. The van der Waals surface area contributed by atoms with E-state index in [0.29, 0.717) is 19.1 Å². The summed E-state index contributed by atoms with van der Waals surface area (Å²) in [6.07, 6.45) is 9.57. The van der Waals surface area contributed by atoms with E-state index in [4.69, 9.17) is 4.74 Å². The minimum atomic E-state index is -0.481. The van der Waals surface area contributed by atoms with Crippen molar-refractivity contribution in [1.82, 2.24) is 4.57 Å². The minimum Gasteiger partial charge on any atom is -0.387 e. The van der Waals surface area contributed by atoms with Gasteiger partial charge >= 0.3 is 0 Å². The van der Waals surface area contributed by atoms with Crippen molar-refractivity contribution in [2.75, 3.05) is 13.2 Å². The van der Waals surface area contributed by atoms with Gasteiger partial charge in [0, 0.05) is 13.0 Å². The van der Waals surface area contributed by atoms with Gasteiger partial charge in [0.1, 0.15) is 12.6 Å². The molecule has 136 valence electrons. The lowest BCUT2D eigenvalue weighted by Crippen LogP contribution is -2.34. The van der Waals surface area contributed by atoms with Crippen molar-refractivity contribution in [2.24, 2.45) is 13.0 Å². The summed E-state index contributed by atoms with van der Waals surface area (Å²) in [5, 5.41) is 10.5. The van der Waals surface area contributed by atoms with Crippen LogP contribution >= 0.6 is 0 Å². The molecule has 0 saturated carbocycles. The van der Waals surface area contributed by atoms with E-state index in [1.165, 1.54) is 23.3 Å². The summed E-state index contributed by atoms with van der Waals surface area (Å²) < 4.78 is 10.3. The fourth-order valence-electron chi connectivity index (χ4n) is 3.81. The quantitative estimate of drug-likeness (QED) is 0.591. The van der Waals surface area contributed by atoms with Crippen LogP contribution in [0.4, 0.5) is 0 Å². The average molecular weight is 343 g/mol. The van der Waals surface area contributed by atoms with Crippen LogP contribution in [0.25, 0.3) is 11.0 Å².